The van der Waals surface area contributed by atoms with Gasteiger partial charge in [0.1, 0.15) is 0 Å². The molecule has 8 nitrogen and oxygen atoms in total. The number of aromatic carboxylic acids is 1. The van der Waals surface area contributed by atoms with E-state index in [2.05, 4.69) is 10.3 Å². The summed E-state index contributed by atoms with van der Waals surface area (Å²) in [5, 5.41) is 15.7. The zero-order chi connectivity index (χ0) is 13.3. The van der Waals surface area contributed by atoms with Crippen LogP contribution >= 0.6 is 0 Å². The topological polar surface area (TPSA) is 105 Å². The lowest BCUT2D eigenvalue weighted by Gasteiger charge is -2.13. The maximum atomic E-state index is 11.5. The minimum atomic E-state index is -1.17. The summed E-state index contributed by atoms with van der Waals surface area (Å²) in [5.74, 6) is -1.87. The quantitative estimate of drug-likeness (QED) is 0.708. The molecule has 0 unspecified atom stereocenters. The van der Waals surface area contributed by atoms with Crippen LogP contribution in [0.1, 0.15) is 17.4 Å². The van der Waals surface area contributed by atoms with E-state index < -0.39 is 5.97 Å². The molecular weight excluding hydrogens is 240 g/mol. The van der Waals surface area contributed by atoms with Gasteiger partial charge in [0.15, 0.2) is 5.69 Å². The average Bonchev–Trinajstić information content (AvgIpc) is 2.85. The molecule has 0 aromatic carbocycles. The van der Waals surface area contributed by atoms with E-state index >= 15 is 0 Å². The van der Waals surface area contributed by atoms with Gasteiger partial charge >= 0.3 is 5.97 Å². The number of nitrogens with zero attached hydrogens (tertiary/aromatic N) is 4. The van der Waals surface area contributed by atoms with Crippen molar-refractivity contribution in [1.29, 1.82) is 0 Å². The molecule has 2 heterocycles. The Hall–Kier alpha value is -2.51. The molecule has 0 spiro atoms. The van der Waals surface area contributed by atoms with Gasteiger partial charge in [-0.2, -0.15) is 0 Å². The van der Waals surface area contributed by atoms with Gasteiger partial charge in [-0.05, 0) is 6.92 Å². The number of carboxylic acids is 1. The van der Waals surface area contributed by atoms with Gasteiger partial charge in [0, 0.05) is 18.2 Å². The Bertz CT molecular complexity index is 560. The highest BCUT2D eigenvalue weighted by Crippen LogP contribution is 2.11. The van der Waals surface area contributed by atoms with Crippen LogP contribution in [0.4, 0.5) is 0 Å². The summed E-state index contributed by atoms with van der Waals surface area (Å²) in [6, 6.07) is 0. The van der Waals surface area contributed by atoms with E-state index in [9.17, 15) is 14.4 Å². The summed E-state index contributed by atoms with van der Waals surface area (Å²) in [5.41, 5.74) is 0.216. The molecule has 0 radical (unpaired) electrons. The summed E-state index contributed by atoms with van der Waals surface area (Å²) in [6.07, 6.45) is 2.51. The Balaban J connectivity index is 1.98. The van der Waals surface area contributed by atoms with Crippen LogP contribution in [0.3, 0.4) is 0 Å². The second kappa shape index (κ2) is 4.40. The van der Waals surface area contributed by atoms with Crippen molar-refractivity contribution in [2.45, 2.75) is 13.5 Å². The van der Waals surface area contributed by atoms with Gasteiger partial charge in [0.2, 0.25) is 0 Å². The van der Waals surface area contributed by atoms with E-state index in [-0.39, 0.29) is 30.6 Å². The van der Waals surface area contributed by atoms with Crippen molar-refractivity contribution in [3.05, 3.63) is 23.5 Å². The number of carbonyl (C=O) groups is 3. The molecule has 1 N–H and O–H groups in total. The second-order valence-corrected chi connectivity index (χ2v) is 3.79. The minimum absolute atomic E-state index is 0.133. The Morgan fingerprint density at radius 2 is 2.11 bits per heavy atom. The van der Waals surface area contributed by atoms with Gasteiger partial charge in [-0.1, -0.05) is 5.21 Å². The highest BCUT2D eigenvalue weighted by Gasteiger charge is 2.27. The van der Waals surface area contributed by atoms with Crippen molar-refractivity contribution >= 4 is 17.8 Å². The number of rotatable bonds is 4. The molecule has 1 aliphatic heterocycles. The third-order valence-corrected chi connectivity index (χ3v) is 2.50. The highest BCUT2D eigenvalue weighted by atomic mass is 16.4. The Labute approximate surface area is 101 Å². The molecule has 18 heavy (non-hydrogen) atoms. The summed E-state index contributed by atoms with van der Waals surface area (Å²) >= 11 is 0. The zero-order valence-corrected chi connectivity index (χ0v) is 9.53. The number of hydrogen-bond acceptors (Lipinski definition) is 5. The van der Waals surface area contributed by atoms with E-state index in [0.717, 1.165) is 4.90 Å². The third kappa shape index (κ3) is 2.12. The predicted octanol–water partition coefficient (Wildman–Crippen LogP) is -0.709. The van der Waals surface area contributed by atoms with Gasteiger partial charge < -0.3 is 5.11 Å². The Morgan fingerprint density at radius 3 is 2.61 bits per heavy atom. The predicted molar refractivity (Wildman–Crippen MR) is 57.5 cm³/mol. The fourth-order valence-corrected chi connectivity index (χ4v) is 1.56. The summed E-state index contributed by atoms with van der Waals surface area (Å²) < 4.78 is 1.28. The van der Waals surface area contributed by atoms with Crippen LogP contribution in [-0.2, 0) is 16.1 Å². The lowest BCUT2D eigenvalue weighted by molar-refractivity contribution is -0.137. The normalized spacial score (nSPS) is 15.2. The molecule has 2 rings (SSSR count). The molecule has 0 fully saturated rings. The molecule has 0 saturated heterocycles. The number of aromatic nitrogens is 3. The molecule has 94 valence electrons. The van der Waals surface area contributed by atoms with Crippen LogP contribution in [0.5, 0.6) is 0 Å². The second-order valence-electron chi connectivity index (χ2n) is 3.79. The van der Waals surface area contributed by atoms with Crippen LogP contribution in [0.15, 0.2) is 17.8 Å². The van der Waals surface area contributed by atoms with Crippen molar-refractivity contribution in [2.75, 3.05) is 6.54 Å². The van der Waals surface area contributed by atoms with Crippen molar-refractivity contribution in [3.8, 4) is 0 Å². The Morgan fingerprint density at radius 1 is 1.39 bits per heavy atom. The van der Waals surface area contributed by atoms with Gasteiger partial charge in [-0.3, -0.25) is 14.5 Å². The van der Waals surface area contributed by atoms with Crippen molar-refractivity contribution in [1.82, 2.24) is 19.9 Å². The lowest BCUT2D eigenvalue weighted by atomic mass is 10.3. The first-order chi connectivity index (χ1) is 8.49. The summed E-state index contributed by atoms with van der Waals surface area (Å²) in [4.78, 5) is 34.6. The molecule has 8 heteroatoms. The summed E-state index contributed by atoms with van der Waals surface area (Å²) in [7, 11) is 0. The van der Waals surface area contributed by atoms with Crippen LogP contribution in [0.2, 0.25) is 0 Å². The molecule has 0 bridgehead atoms. The maximum absolute atomic E-state index is 11.5. The van der Waals surface area contributed by atoms with Crippen LogP contribution in [0.25, 0.3) is 0 Å². The van der Waals surface area contributed by atoms with E-state index in [1.165, 1.54) is 17.0 Å². The number of carbonyl (C=O) groups excluding carboxylic acids is 2. The Kier molecular flexibility index (Phi) is 2.92. The van der Waals surface area contributed by atoms with Crippen molar-refractivity contribution in [2.24, 2.45) is 0 Å². The maximum Gasteiger partial charge on any atom is 0.358 e. The minimum Gasteiger partial charge on any atom is -0.476 e. The molecular formula is C10H10N4O4. The lowest BCUT2D eigenvalue weighted by Crippen LogP contribution is -2.33. The molecule has 1 aliphatic rings. The van der Waals surface area contributed by atoms with Crippen molar-refractivity contribution in [3.63, 3.8) is 0 Å². The standard InChI is InChI=1S/C10H10N4O4/c1-6-4-8(15)14(9(6)16)3-2-13-5-7(10(17)18)11-12-13/h4-5H,2-3H2,1H3,(H,17,18). The first-order valence-electron chi connectivity index (χ1n) is 5.16. The SMILES string of the molecule is CC1=CC(=O)N(CCn2cc(C(=O)O)nn2)C1=O. The van der Waals surface area contributed by atoms with E-state index in [1.54, 1.807) is 6.92 Å². The molecule has 1 aromatic heterocycles. The average molecular weight is 250 g/mol. The molecule has 2 amide bonds. The largest absolute Gasteiger partial charge is 0.476 e. The van der Waals surface area contributed by atoms with E-state index in [4.69, 9.17) is 5.11 Å². The zero-order valence-electron chi connectivity index (χ0n) is 9.53. The monoisotopic (exact) mass is 250 g/mol. The van der Waals surface area contributed by atoms with Gasteiger partial charge in [0.25, 0.3) is 11.8 Å². The summed E-state index contributed by atoms with van der Waals surface area (Å²) in [6.45, 7) is 1.91. The van der Waals surface area contributed by atoms with Gasteiger partial charge in [-0.15, -0.1) is 5.10 Å². The van der Waals surface area contributed by atoms with Crippen LogP contribution in [-0.4, -0.2) is 49.3 Å². The molecule has 0 aliphatic carbocycles. The third-order valence-electron chi connectivity index (χ3n) is 2.50. The van der Waals surface area contributed by atoms with Gasteiger partial charge in [-0.25, -0.2) is 9.48 Å². The number of amides is 2. The fourth-order valence-electron chi connectivity index (χ4n) is 1.56. The first-order valence-corrected chi connectivity index (χ1v) is 5.16. The number of imide groups is 1. The molecule has 1 aromatic rings. The van der Waals surface area contributed by atoms with E-state index in [0.29, 0.717) is 5.57 Å². The van der Waals surface area contributed by atoms with E-state index in [1.807, 2.05) is 0 Å². The van der Waals surface area contributed by atoms with Gasteiger partial charge in [0.05, 0.1) is 12.7 Å². The van der Waals surface area contributed by atoms with Crippen LogP contribution < -0.4 is 0 Å². The first kappa shape index (κ1) is 12.0. The highest BCUT2D eigenvalue weighted by molar-refractivity contribution is 6.15. The molecule has 0 saturated carbocycles. The number of carboxylic acid groups (broad SMARTS) is 1. The van der Waals surface area contributed by atoms with Crippen LogP contribution in [0, 0.1) is 0 Å². The van der Waals surface area contributed by atoms with Crippen molar-refractivity contribution < 1.29 is 19.5 Å². The number of hydrogen-bond donors (Lipinski definition) is 1. The smallest absolute Gasteiger partial charge is 0.358 e. The fraction of sp³-hybridized carbons (Fsp3) is 0.300. The molecule has 0 atom stereocenters.